The van der Waals surface area contributed by atoms with Crippen molar-refractivity contribution in [1.29, 1.82) is 0 Å². The van der Waals surface area contributed by atoms with Gasteiger partial charge in [0.15, 0.2) is 5.79 Å². The van der Waals surface area contributed by atoms with E-state index in [-0.39, 0.29) is 12.2 Å². The highest BCUT2D eigenvalue weighted by Crippen LogP contribution is 2.30. The molecule has 162 valence electrons. The van der Waals surface area contributed by atoms with Gasteiger partial charge in [0.1, 0.15) is 0 Å². The average Bonchev–Trinajstić information content (AvgIpc) is 2.60. The molecule has 0 saturated carbocycles. The third-order valence-corrected chi connectivity index (χ3v) is 7.74. The van der Waals surface area contributed by atoms with E-state index in [1.165, 1.54) is 16.3 Å². The molecule has 0 heterocycles. The lowest BCUT2D eigenvalue weighted by Gasteiger charge is -2.39. The molecule has 0 atom stereocenters. The molecule has 2 rings (SSSR count). The summed E-state index contributed by atoms with van der Waals surface area (Å²) in [7, 11) is -3.10. The highest BCUT2D eigenvalue weighted by Gasteiger charge is 2.48. The number of rotatable bonds is 12. The van der Waals surface area contributed by atoms with Crippen molar-refractivity contribution in [2.45, 2.75) is 85.3 Å². The molecule has 0 bridgehead atoms. The van der Waals surface area contributed by atoms with Crippen LogP contribution in [-0.2, 0) is 24.1 Å². The fraction of sp³-hybridized carbons (Fsp3) is 0.583. The zero-order valence-corrected chi connectivity index (χ0v) is 20.2. The van der Waals surface area contributed by atoms with Gasteiger partial charge < -0.3 is 18.0 Å². The molecule has 5 heteroatoms. The number of ether oxygens (including phenoxy) is 1. The Hall–Kier alpha value is -1.24. The lowest BCUT2D eigenvalue weighted by Crippen LogP contribution is -2.56. The Labute approximate surface area is 177 Å². The van der Waals surface area contributed by atoms with Crippen molar-refractivity contribution in [2.75, 3.05) is 6.61 Å². The number of hydrogen-bond donors (Lipinski definition) is 0. The SMILES string of the molecule is CCCCOC(C)(C)O[Si](Cc1cccc2ccccc12)(OC(C)C)OC(C)C. The van der Waals surface area contributed by atoms with Gasteiger partial charge >= 0.3 is 8.80 Å². The maximum absolute atomic E-state index is 6.62. The summed E-state index contributed by atoms with van der Waals surface area (Å²) in [6.45, 7) is 14.9. The van der Waals surface area contributed by atoms with Crippen molar-refractivity contribution < 1.29 is 18.0 Å². The number of fused-ring (bicyclic) bond motifs is 1. The number of benzene rings is 2. The van der Waals surface area contributed by atoms with Gasteiger partial charge in [-0.05, 0) is 64.3 Å². The number of hydrogen-bond acceptors (Lipinski definition) is 4. The first-order valence-corrected chi connectivity index (χ1v) is 12.8. The van der Waals surface area contributed by atoms with Crippen molar-refractivity contribution in [3.8, 4) is 0 Å². The van der Waals surface area contributed by atoms with Crippen molar-refractivity contribution >= 4 is 19.6 Å². The van der Waals surface area contributed by atoms with E-state index in [0.29, 0.717) is 12.7 Å². The summed E-state index contributed by atoms with van der Waals surface area (Å²) in [6.07, 6.45) is 2.06. The largest absolute Gasteiger partial charge is 0.508 e. The Morgan fingerprint density at radius 2 is 1.52 bits per heavy atom. The van der Waals surface area contributed by atoms with Gasteiger partial charge in [-0.3, -0.25) is 0 Å². The molecule has 0 saturated heterocycles. The zero-order valence-electron chi connectivity index (χ0n) is 19.2. The first kappa shape index (κ1) is 24.0. The molecule has 0 N–H and O–H groups in total. The Morgan fingerprint density at radius 3 is 2.14 bits per heavy atom. The van der Waals surface area contributed by atoms with E-state index in [1.54, 1.807) is 0 Å². The van der Waals surface area contributed by atoms with E-state index in [1.807, 2.05) is 41.5 Å². The second-order valence-electron chi connectivity index (χ2n) is 8.54. The summed E-state index contributed by atoms with van der Waals surface area (Å²) in [5, 5.41) is 2.42. The lowest BCUT2D eigenvalue weighted by molar-refractivity contribution is -0.192. The third-order valence-electron chi connectivity index (χ3n) is 4.47. The Kier molecular flexibility index (Phi) is 8.85. The van der Waals surface area contributed by atoms with Gasteiger partial charge in [-0.2, -0.15) is 0 Å². The first-order chi connectivity index (χ1) is 13.7. The Morgan fingerprint density at radius 1 is 0.897 bits per heavy atom. The zero-order chi connectivity index (χ0) is 21.5. The van der Waals surface area contributed by atoms with Crippen molar-refractivity contribution in [3.63, 3.8) is 0 Å². The molecule has 2 aromatic rings. The van der Waals surface area contributed by atoms with Gasteiger partial charge in [0, 0.05) is 24.9 Å². The highest BCUT2D eigenvalue weighted by atomic mass is 28.4. The minimum atomic E-state index is -3.10. The van der Waals surface area contributed by atoms with E-state index in [4.69, 9.17) is 18.0 Å². The summed E-state index contributed by atoms with van der Waals surface area (Å²) >= 11 is 0. The minimum Gasteiger partial charge on any atom is -0.371 e. The van der Waals surface area contributed by atoms with Gasteiger partial charge in [-0.1, -0.05) is 55.8 Å². The molecule has 0 unspecified atom stereocenters. The fourth-order valence-electron chi connectivity index (χ4n) is 3.46. The van der Waals surface area contributed by atoms with Crippen LogP contribution in [0.25, 0.3) is 10.8 Å². The second-order valence-corrected chi connectivity index (χ2v) is 10.9. The summed E-state index contributed by atoms with van der Waals surface area (Å²) in [6, 6.07) is 15.4. The number of unbranched alkanes of at least 4 members (excludes halogenated alkanes) is 1. The fourth-order valence-corrected chi connectivity index (χ4v) is 6.87. The molecule has 0 aliphatic carbocycles. The smallest absolute Gasteiger partial charge is 0.371 e. The van der Waals surface area contributed by atoms with Crippen LogP contribution in [0.5, 0.6) is 0 Å². The summed E-state index contributed by atoms with van der Waals surface area (Å²) in [4.78, 5) is 0. The molecule has 4 nitrogen and oxygen atoms in total. The molecule has 0 amide bonds. The van der Waals surface area contributed by atoms with E-state index >= 15 is 0 Å². The summed E-state index contributed by atoms with van der Waals surface area (Å²) < 4.78 is 25.6. The molecular weight excluding hydrogens is 380 g/mol. The average molecular weight is 419 g/mol. The van der Waals surface area contributed by atoms with Crippen LogP contribution >= 0.6 is 0 Å². The highest BCUT2D eigenvalue weighted by molar-refractivity contribution is 6.60. The monoisotopic (exact) mass is 418 g/mol. The first-order valence-electron chi connectivity index (χ1n) is 10.8. The maximum Gasteiger partial charge on any atom is 0.508 e. The molecule has 0 spiro atoms. The predicted molar refractivity (Wildman–Crippen MR) is 122 cm³/mol. The third kappa shape index (κ3) is 7.50. The Bertz CT molecular complexity index is 742. The van der Waals surface area contributed by atoms with Crippen LogP contribution < -0.4 is 0 Å². The quantitative estimate of drug-likeness (QED) is 0.231. The molecule has 29 heavy (non-hydrogen) atoms. The van der Waals surface area contributed by atoms with Gasteiger partial charge in [0.05, 0.1) is 0 Å². The minimum absolute atomic E-state index is 0.0122. The van der Waals surface area contributed by atoms with Gasteiger partial charge in [-0.25, -0.2) is 0 Å². The van der Waals surface area contributed by atoms with Crippen LogP contribution in [0.2, 0.25) is 0 Å². The second kappa shape index (κ2) is 10.7. The molecule has 0 aliphatic rings. The van der Waals surface area contributed by atoms with Crippen molar-refractivity contribution in [3.05, 3.63) is 48.0 Å². The van der Waals surface area contributed by atoms with Crippen LogP contribution in [-0.4, -0.2) is 33.4 Å². The lowest BCUT2D eigenvalue weighted by atomic mass is 10.1. The molecule has 0 fully saturated rings. The van der Waals surface area contributed by atoms with Crippen molar-refractivity contribution in [2.24, 2.45) is 0 Å². The van der Waals surface area contributed by atoms with Crippen molar-refractivity contribution in [1.82, 2.24) is 0 Å². The van der Waals surface area contributed by atoms with E-state index < -0.39 is 14.6 Å². The van der Waals surface area contributed by atoms with Gasteiger partial charge in [0.2, 0.25) is 0 Å². The van der Waals surface area contributed by atoms with Crippen LogP contribution in [0, 0.1) is 0 Å². The molecule has 0 aliphatic heterocycles. The van der Waals surface area contributed by atoms with Crippen LogP contribution in [0.4, 0.5) is 0 Å². The van der Waals surface area contributed by atoms with Gasteiger partial charge in [0.25, 0.3) is 0 Å². The topological polar surface area (TPSA) is 36.9 Å². The van der Waals surface area contributed by atoms with Gasteiger partial charge in [-0.15, -0.1) is 0 Å². The summed E-state index contributed by atoms with van der Waals surface area (Å²) in [5.41, 5.74) is 1.18. The molecule has 2 aromatic carbocycles. The maximum atomic E-state index is 6.62. The van der Waals surface area contributed by atoms with Crippen LogP contribution in [0.3, 0.4) is 0 Å². The van der Waals surface area contributed by atoms with E-state index in [2.05, 4.69) is 49.4 Å². The predicted octanol–water partition coefficient (Wildman–Crippen LogP) is 6.28. The standard InChI is InChI=1S/C24H38O4Si/c1-8-9-17-25-24(6,7)28-29(26-19(2)3,27-20(4)5)18-22-15-12-14-21-13-10-11-16-23(21)22/h10-16,19-20H,8-9,17-18H2,1-7H3. The molecule has 0 radical (unpaired) electrons. The van der Waals surface area contributed by atoms with Crippen LogP contribution in [0.15, 0.2) is 42.5 Å². The Balaban J connectivity index is 2.41. The normalized spacial score (nSPS) is 13.0. The summed E-state index contributed by atoms with van der Waals surface area (Å²) in [5.74, 6) is -0.782. The van der Waals surface area contributed by atoms with E-state index in [0.717, 1.165) is 12.8 Å². The molecule has 0 aromatic heterocycles. The van der Waals surface area contributed by atoms with E-state index in [9.17, 15) is 0 Å². The molecular formula is C24H38O4Si. The van der Waals surface area contributed by atoms with Crippen LogP contribution in [0.1, 0.15) is 66.9 Å².